The molecule has 0 amide bonds. The Morgan fingerprint density at radius 3 is 2.75 bits per heavy atom. The lowest BCUT2D eigenvalue weighted by Gasteiger charge is -2.09. The fourth-order valence-electron chi connectivity index (χ4n) is 1.99. The van der Waals surface area contributed by atoms with Crippen molar-refractivity contribution in [3.8, 4) is 17.2 Å². The van der Waals surface area contributed by atoms with Crippen LogP contribution < -0.4 is 10.4 Å². The van der Waals surface area contributed by atoms with Gasteiger partial charge in [-0.15, -0.1) is 0 Å². The molecule has 0 saturated heterocycles. The highest BCUT2D eigenvalue weighted by Crippen LogP contribution is 2.36. The number of fused-ring (bicyclic) bond motifs is 1. The molecule has 0 spiro atoms. The normalized spacial score (nSPS) is 11.2. The molecule has 1 heterocycles. The summed E-state index contributed by atoms with van der Waals surface area (Å²) >= 11 is 0. The van der Waals surface area contributed by atoms with Crippen LogP contribution >= 0.6 is 0 Å². The summed E-state index contributed by atoms with van der Waals surface area (Å²) in [4.78, 5) is 11.8. The van der Waals surface area contributed by atoms with Gasteiger partial charge in [-0.3, -0.25) is 0 Å². The molecule has 2 N–H and O–H groups in total. The van der Waals surface area contributed by atoms with Crippen molar-refractivity contribution in [3.63, 3.8) is 0 Å². The first-order valence-electron chi connectivity index (χ1n) is 6.61. The molecule has 1 aromatic heterocycles. The van der Waals surface area contributed by atoms with Crippen LogP contribution in [0.2, 0.25) is 0 Å². The van der Waals surface area contributed by atoms with E-state index in [9.17, 15) is 15.0 Å². The van der Waals surface area contributed by atoms with Gasteiger partial charge in [0.2, 0.25) is 5.75 Å². The lowest BCUT2D eigenvalue weighted by Crippen LogP contribution is -2.09. The van der Waals surface area contributed by atoms with E-state index in [2.05, 4.69) is 13.8 Å². The maximum atomic E-state index is 11.8. The molecule has 0 unspecified atom stereocenters. The monoisotopic (exact) mass is 278 g/mol. The Balaban J connectivity index is 2.29. The van der Waals surface area contributed by atoms with Gasteiger partial charge in [-0.25, -0.2) is 4.79 Å². The predicted octanol–water partition coefficient (Wildman–Crippen LogP) is 3.02. The maximum Gasteiger partial charge on any atom is 0.383 e. The van der Waals surface area contributed by atoms with Crippen LogP contribution in [0.1, 0.15) is 26.7 Å². The minimum Gasteiger partial charge on any atom is -0.507 e. The Labute approximate surface area is 116 Å². The number of rotatable bonds is 5. The molecular weight excluding hydrogens is 260 g/mol. The Morgan fingerprint density at radius 2 is 2.05 bits per heavy atom. The third-order valence-corrected chi connectivity index (χ3v) is 3.02. The van der Waals surface area contributed by atoms with E-state index in [-0.39, 0.29) is 28.2 Å². The Kier molecular flexibility index (Phi) is 4.17. The van der Waals surface area contributed by atoms with Gasteiger partial charge >= 0.3 is 5.63 Å². The number of phenolic OH excluding ortho intramolecular Hbond substituents is 1. The van der Waals surface area contributed by atoms with Gasteiger partial charge in [-0.1, -0.05) is 19.9 Å². The van der Waals surface area contributed by atoms with E-state index in [1.807, 2.05) is 0 Å². The first kappa shape index (κ1) is 14.2. The summed E-state index contributed by atoms with van der Waals surface area (Å²) in [5, 5.41) is 19.9. The first-order valence-corrected chi connectivity index (χ1v) is 6.61. The zero-order valence-electron chi connectivity index (χ0n) is 11.5. The van der Waals surface area contributed by atoms with Crippen molar-refractivity contribution in [1.82, 2.24) is 0 Å². The molecule has 0 aliphatic rings. The summed E-state index contributed by atoms with van der Waals surface area (Å²) < 4.78 is 10.3. The second-order valence-electron chi connectivity index (χ2n) is 5.10. The molecule has 1 aromatic carbocycles. The highest BCUT2D eigenvalue weighted by atomic mass is 16.5. The topological polar surface area (TPSA) is 79.9 Å². The highest BCUT2D eigenvalue weighted by molar-refractivity contribution is 5.90. The van der Waals surface area contributed by atoms with Crippen molar-refractivity contribution in [1.29, 1.82) is 0 Å². The molecule has 5 nitrogen and oxygen atoms in total. The van der Waals surface area contributed by atoms with Crippen LogP contribution in [0.15, 0.2) is 27.4 Å². The van der Waals surface area contributed by atoms with Crippen LogP contribution in [-0.2, 0) is 0 Å². The van der Waals surface area contributed by atoms with Crippen LogP contribution in [0, 0.1) is 5.92 Å². The van der Waals surface area contributed by atoms with Crippen molar-refractivity contribution < 1.29 is 19.4 Å². The first-order chi connectivity index (χ1) is 9.50. The molecule has 0 atom stereocenters. The lowest BCUT2D eigenvalue weighted by molar-refractivity contribution is 0.270. The van der Waals surface area contributed by atoms with E-state index in [0.29, 0.717) is 12.5 Å². The number of hydrogen-bond donors (Lipinski definition) is 2. The molecule has 0 radical (unpaired) electrons. The SMILES string of the molecule is CC(C)CCCOc1c(O)c2c(O)cccc2oc1=O. The summed E-state index contributed by atoms with van der Waals surface area (Å²) in [6.07, 6.45) is 1.74. The molecule has 5 heteroatoms. The zero-order valence-corrected chi connectivity index (χ0v) is 11.5. The molecule has 0 bridgehead atoms. The number of hydrogen-bond acceptors (Lipinski definition) is 5. The lowest BCUT2D eigenvalue weighted by atomic mass is 10.1. The van der Waals surface area contributed by atoms with E-state index in [4.69, 9.17) is 9.15 Å². The number of benzene rings is 1. The molecule has 2 aromatic rings. The second-order valence-corrected chi connectivity index (χ2v) is 5.10. The third kappa shape index (κ3) is 2.87. The molecule has 0 aliphatic carbocycles. The fraction of sp³-hybridized carbons (Fsp3) is 0.400. The van der Waals surface area contributed by atoms with E-state index in [1.165, 1.54) is 18.2 Å². The van der Waals surface area contributed by atoms with Gasteiger partial charge in [0.25, 0.3) is 0 Å². The van der Waals surface area contributed by atoms with Gasteiger partial charge in [0, 0.05) is 0 Å². The van der Waals surface area contributed by atoms with Gasteiger partial charge in [0.1, 0.15) is 16.7 Å². The van der Waals surface area contributed by atoms with Crippen molar-refractivity contribution in [2.45, 2.75) is 26.7 Å². The van der Waals surface area contributed by atoms with Gasteiger partial charge < -0.3 is 19.4 Å². The number of aromatic hydroxyl groups is 2. The maximum absolute atomic E-state index is 11.8. The highest BCUT2D eigenvalue weighted by Gasteiger charge is 2.17. The number of phenols is 1. The minimum atomic E-state index is -0.745. The van der Waals surface area contributed by atoms with E-state index < -0.39 is 5.63 Å². The molecule has 0 aliphatic heterocycles. The standard InChI is InChI=1S/C15H18O5/c1-9(2)5-4-8-19-14-13(17)12-10(16)6-3-7-11(12)20-15(14)18/h3,6-7,9,16-17H,4-5,8H2,1-2H3. The minimum absolute atomic E-state index is 0.0889. The smallest absolute Gasteiger partial charge is 0.383 e. The van der Waals surface area contributed by atoms with Crippen LogP contribution in [0.25, 0.3) is 11.0 Å². The number of ether oxygens (including phenoxy) is 1. The van der Waals surface area contributed by atoms with Gasteiger partial charge in [-0.05, 0) is 30.9 Å². The molecule has 108 valence electrons. The predicted molar refractivity (Wildman–Crippen MR) is 75.4 cm³/mol. The fourth-order valence-corrected chi connectivity index (χ4v) is 1.99. The summed E-state index contributed by atoms with van der Waals surface area (Å²) in [5.74, 6) is -0.235. The average Bonchev–Trinajstić information content (AvgIpc) is 2.36. The molecule has 0 saturated carbocycles. The summed E-state index contributed by atoms with van der Waals surface area (Å²) in [5.41, 5.74) is -0.618. The van der Waals surface area contributed by atoms with Crippen LogP contribution in [0.4, 0.5) is 0 Å². The Morgan fingerprint density at radius 1 is 1.30 bits per heavy atom. The van der Waals surface area contributed by atoms with E-state index in [1.54, 1.807) is 0 Å². The average molecular weight is 278 g/mol. The van der Waals surface area contributed by atoms with Crippen molar-refractivity contribution >= 4 is 11.0 Å². The van der Waals surface area contributed by atoms with Crippen LogP contribution in [0.3, 0.4) is 0 Å². The van der Waals surface area contributed by atoms with Gasteiger partial charge in [-0.2, -0.15) is 0 Å². The largest absolute Gasteiger partial charge is 0.507 e. The molecule has 0 fully saturated rings. The van der Waals surface area contributed by atoms with Gasteiger partial charge in [0.15, 0.2) is 5.75 Å². The molecule has 20 heavy (non-hydrogen) atoms. The van der Waals surface area contributed by atoms with Crippen LogP contribution in [0.5, 0.6) is 17.2 Å². The van der Waals surface area contributed by atoms with Crippen molar-refractivity contribution in [3.05, 3.63) is 28.6 Å². The van der Waals surface area contributed by atoms with Crippen LogP contribution in [-0.4, -0.2) is 16.8 Å². The second kappa shape index (κ2) is 5.86. The summed E-state index contributed by atoms with van der Waals surface area (Å²) in [6.45, 7) is 4.51. The Bertz CT molecular complexity index is 657. The van der Waals surface area contributed by atoms with Crippen molar-refractivity contribution in [2.24, 2.45) is 5.92 Å². The summed E-state index contributed by atoms with van der Waals surface area (Å²) in [7, 11) is 0. The molecular formula is C15H18O5. The molecule has 2 rings (SSSR count). The zero-order chi connectivity index (χ0) is 14.7. The quantitative estimate of drug-likeness (QED) is 0.649. The third-order valence-electron chi connectivity index (χ3n) is 3.02. The Hall–Kier alpha value is -2.17. The van der Waals surface area contributed by atoms with Gasteiger partial charge in [0.05, 0.1) is 6.61 Å². The summed E-state index contributed by atoms with van der Waals surface area (Å²) in [6, 6.07) is 4.44. The van der Waals surface area contributed by atoms with E-state index >= 15 is 0 Å². The van der Waals surface area contributed by atoms with E-state index in [0.717, 1.165) is 12.8 Å². The van der Waals surface area contributed by atoms with Crippen molar-refractivity contribution in [2.75, 3.05) is 6.61 Å².